The van der Waals surface area contributed by atoms with E-state index in [0.29, 0.717) is 11.3 Å². The lowest BCUT2D eigenvalue weighted by atomic mass is 9.87. The highest BCUT2D eigenvalue weighted by Gasteiger charge is 2.15. The van der Waals surface area contributed by atoms with E-state index in [1.165, 1.54) is 0 Å². The Balaban J connectivity index is 1.81. The summed E-state index contributed by atoms with van der Waals surface area (Å²) in [5.74, 6) is -1.48. The molecule has 6 heteroatoms. The van der Waals surface area contributed by atoms with Gasteiger partial charge in [0.1, 0.15) is 6.54 Å². The molecule has 160 valence electrons. The monoisotopic (exact) mass is 410 g/mol. The van der Waals surface area contributed by atoms with E-state index in [9.17, 15) is 14.4 Å². The summed E-state index contributed by atoms with van der Waals surface area (Å²) in [6, 6.07) is 11.2. The molecule has 0 unspecified atom stereocenters. The molecule has 0 atom stereocenters. The SMILES string of the molecule is Cc1cc(C)c(NC(=O)COC(=O)CNC(=O)c2ccc(C(C)(C)C)cc2)c(C)c1. The quantitative estimate of drug-likeness (QED) is 0.709. The van der Waals surface area contributed by atoms with Crippen LogP contribution in [0.5, 0.6) is 0 Å². The Kier molecular flexibility index (Phi) is 7.38. The van der Waals surface area contributed by atoms with Gasteiger partial charge in [-0.15, -0.1) is 0 Å². The van der Waals surface area contributed by atoms with Gasteiger partial charge in [-0.25, -0.2) is 0 Å². The zero-order valence-corrected chi connectivity index (χ0v) is 18.5. The smallest absolute Gasteiger partial charge is 0.325 e. The van der Waals surface area contributed by atoms with Crippen molar-refractivity contribution in [3.8, 4) is 0 Å². The largest absolute Gasteiger partial charge is 0.454 e. The van der Waals surface area contributed by atoms with Crippen molar-refractivity contribution < 1.29 is 19.1 Å². The maximum atomic E-state index is 12.2. The van der Waals surface area contributed by atoms with E-state index < -0.39 is 18.5 Å². The van der Waals surface area contributed by atoms with E-state index in [-0.39, 0.29) is 17.9 Å². The molecule has 0 bridgehead atoms. The van der Waals surface area contributed by atoms with E-state index in [2.05, 4.69) is 31.4 Å². The lowest BCUT2D eigenvalue weighted by Crippen LogP contribution is -2.32. The predicted octanol–water partition coefficient (Wildman–Crippen LogP) is 3.82. The molecule has 2 N–H and O–H groups in total. The molecule has 2 aromatic rings. The minimum atomic E-state index is -0.679. The number of aryl methyl sites for hydroxylation is 3. The van der Waals surface area contributed by atoms with Crippen LogP contribution in [0.25, 0.3) is 0 Å². The Morgan fingerprint density at radius 3 is 2.03 bits per heavy atom. The maximum Gasteiger partial charge on any atom is 0.325 e. The van der Waals surface area contributed by atoms with Gasteiger partial charge < -0.3 is 15.4 Å². The zero-order chi connectivity index (χ0) is 22.5. The highest BCUT2D eigenvalue weighted by Crippen LogP contribution is 2.22. The average molecular weight is 411 g/mol. The van der Waals surface area contributed by atoms with Crippen LogP contribution >= 0.6 is 0 Å². The highest BCUT2D eigenvalue weighted by atomic mass is 16.5. The van der Waals surface area contributed by atoms with Crippen LogP contribution in [0.3, 0.4) is 0 Å². The summed E-state index contributed by atoms with van der Waals surface area (Å²) < 4.78 is 4.96. The van der Waals surface area contributed by atoms with Gasteiger partial charge in [0.15, 0.2) is 6.61 Å². The summed E-state index contributed by atoms with van der Waals surface area (Å²) in [5.41, 5.74) is 5.28. The third-order valence-corrected chi connectivity index (χ3v) is 4.71. The van der Waals surface area contributed by atoms with Gasteiger partial charge in [0.05, 0.1) is 0 Å². The molecule has 2 amide bonds. The number of carbonyl (C=O) groups is 3. The van der Waals surface area contributed by atoms with Gasteiger partial charge in [-0.1, -0.05) is 50.6 Å². The first kappa shape index (κ1) is 23.1. The predicted molar refractivity (Wildman–Crippen MR) is 118 cm³/mol. The van der Waals surface area contributed by atoms with Gasteiger partial charge in [-0.2, -0.15) is 0 Å². The van der Waals surface area contributed by atoms with Crippen molar-refractivity contribution >= 4 is 23.5 Å². The Hall–Kier alpha value is -3.15. The first-order valence-electron chi connectivity index (χ1n) is 9.89. The molecule has 0 spiro atoms. The van der Waals surface area contributed by atoms with Crippen molar-refractivity contribution in [2.24, 2.45) is 0 Å². The highest BCUT2D eigenvalue weighted by molar-refractivity contribution is 5.97. The fourth-order valence-corrected chi connectivity index (χ4v) is 3.13. The van der Waals surface area contributed by atoms with E-state index in [1.807, 2.05) is 45.0 Å². The molecule has 0 aliphatic carbocycles. The lowest BCUT2D eigenvalue weighted by Gasteiger charge is -2.19. The van der Waals surface area contributed by atoms with Crippen LogP contribution < -0.4 is 10.6 Å². The molecule has 0 saturated carbocycles. The number of amides is 2. The molecular weight excluding hydrogens is 380 g/mol. The average Bonchev–Trinajstić information content (AvgIpc) is 2.66. The summed E-state index contributed by atoms with van der Waals surface area (Å²) in [6.07, 6.45) is 0. The number of hydrogen-bond donors (Lipinski definition) is 2. The van der Waals surface area contributed by atoms with Crippen molar-refractivity contribution in [1.82, 2.24) is 5.32 Å². The summed E-state index contributed by atoms with van der Waals surface area (Å²) in [6.45, 7) is 11.4. The van der Waals surface area contributed by atoms with Crippen molar-refractivity contribution in [3.63, 3.8) is 0 Å². The first-order valence-corrected chi connectivity index (χ1v) is 9.89. The summed E-state index contributed by atoms with van der Waals surface area (Å²) in [4.78, 5) is 36.2. The lowest BCUT2D eigenvalue weighted by molar-refractivity contribution is -0.146. The molecule has 0 aliphatic rings. The molecule has 0 fully saturated rings. The standard InChI is InChI=1S/C24H30N2O4/c1-15-11-16(2)22(17(3)12-15)26-20(27)14-30-21(28)13-25-23(29)18-7-9-19(10-8-18)24(4,5)6/h7-12H,13-14H2,1-6H3,(H,25,29)(H,26,27). The van der Waals surface area contributed by atoms with Crippen LogP contribution in [0.4, 0.5) is 5.69 Å². The van der Waals surface area contributed by atoms with Gasteiger partial charge in [0.25, 0.3) is 11.8 Å². The van der Waals surface area contributed by atoms with Crippen molar-refractivity contribution in [2.45, 2.75) is 47.0 Å². The van der Waals surface area contributed by atoms with Crippen LogP contribution in [0.15, 0.2) is 36.4 Å². The third-order valence-electron chi connectivity index (χ3n) is 4.71. The molecular formula is C24H30N2O4. The number of esters is 1. The Bertz CT molecular complexity index is 918. The van der Waals surface area contributed by atoms with E-state index in [0.717, 1.165) is 22.3 Å². The second-order valence-corrected chi connectivity index (χ2v) is 8.49. The number of rotatable bonds is 6. The molecule has 0 radical (unpaired) electrons. The van der Waals surface area contributed by atoms with Gasteiger partial charge in [-0.3, -0.25) is 14.4 Å². The van der Waals surface area contributed by atoms with Crippen LogP contribution in [0.1, 0.15) is 53.4 Å². The van der Waals surface area contributed by atoms with Gasteiger partial charge >= 0.3 is 5.97 Å². The topological polar surface area (TPSA) is 84.5 Å². The Labute approximate surface area is 178 Å². The zero-order valence-electron chi connectivity index (χ0n) is 18.5. The van der Waals surface area contributed by atoms with Crippen LogP contribution in [0.2, 0.25) is 0 Å². The normalized spacial score (nSPS) is 11.0. The molecule has 0 aromatic heterocycles. The second-order valence-electron chi connectivity index (χ2n) is 8.49. The fourth-order valence-electron chi connectivity index (χ4n) is 3.13. The van der Waals surface area contributed by atoms with Crippen LogP contribution in [-0.4, -0.2) is 30.9 Å². The molecule has 2 aromatic carbocycles. The first-order chi connectivity index (χ1) is 14.0. The minimum Gasteiger partial charge on any atom is -0.454 e. The summed E-state index contributed by atoms with van der Waals surface area (Å²) >= 11 is 0. The van der Waals surface area contributed by atoms with Gasteiger partial charge in [0.2, 0.25) is 0 Å². The van der Waals surface area contributed by atoms with Crippen molar-refractivity contribution in [1.29, 1.82) is 0 Å². The Morgan fingerprint density at radius 2 is 1.50 bits per heavy atom. The molecule has 0 heterocycles. The van der Waals surface area contributed by atoms with E-state index >= 15 is 0 Å². The van der Waals surface area contributed by atoms with Gasteiger partial charge in [-0.05, 0) is 55.0 Å². The third kappa shape index (κ3) is 6.44. The number of carbonyl (C=O) groups excluding carboxylic acids is 3. The Morgan fingerprint density at radius 1 is 0.933 bits per heavy atom. The number of benzene rings is 2. The summed E-state index contributed by atoms with van der Waals surface area (Å²) in [7, 11) is 0. The fraction of sp³-hybridized carbons (Fsp3) is 0.375. The molecule has 0 aliphatic heterocycles. The van der Waals surface area contributed by atoms with E-state index in [1.54, 1.807) is 12.1 Å². The molecule has 2 rings (SSSR count). The molecule has 0 saturated heterocycles. The maximum absolute atomic E-state index is 12.2. The van der Waals surface area contributed by atoms with Crippen molar-refractivity contribution in [3.05, 3.63) is 64.2 Å². The summed E-state index contributed by atoms with van der Waals surface area (Å²) in [5, 5.41) is 5.28. The molecule has 6 nitrogen and oxygen atoms in total. The van der Waals surface area contributed by atoms with Crippen LogP contribution in [-0.2, 0) is 19.7 Å². The van der Waals surface area contributed by atoms with Crippen molar-refractivity contribution in [2.75, 3.05) is 18.5 Å². The number of hydrogen-bond acceptors (Lipinski definition) is 4. The number of anilines is 1. The van der Waals surface area contributed by atoms with Crippen LogP contribution in [0, 0.1) is 20.8 Å². The second kappa shape index (κ2) is 9.57. The minimum absolute atomic E-state index is 0.00492. The molecule has 30 heavy (non-hydrogen) atoms. The number of ether oxygens (including phenoxy) is 1. The van der Waals surface area contributed by atoms with Gasteiger partial charge in [0, 0.05) is 11.3 Å². The number of nitrogens with one attached hydrogen (secondary N) is 2. The van der Waals surface area contributed by atoms with E-state index in [4.69, 9.17) is 4.74 Å².